The van der Waals surface area contributed by atoms with Gasteiger partial charge in [0.05, 0.1) is 19.3 Å². The lowest BCUT2D eigenvalue weighted by Gasteiger charge is -2.31. The molecule has 0 bridgehead atoms. The van der Waals surface area contributed by atoms with Gasteiger partial charge >= 0.3 is 0 Å². The Morgan fingerprint density at radius 3 is 2.90 bits per heavy atom. The summed E-state index contributed by atoms with van der Waals surface area (Å²) in [5.74, 6) is 0.769. The highest BCUT2D eigenvalue weighted by Gasteiger charge is 2.27. The molecule has 3 heteroatoms. The average Bonchev–Trinajstić information content (AvgIpc) is 2.53. The molecule has 3 rings (SSSR count). The zero-order chi connectivity index (χ0) is 13.9. The lowest BCUT2D eigenvalue weighted by Crippen LogP contribution is -2.33. The minimum absolute atomic E-state index is 0.0629. The fraction of sp³-hybridized carbons (Fsp3) is 0.294. The Bertz CT molecular complexity index is 597. The van der Waals surface area contributed by atoms with Gasteiger partial charge in [0.2, 0.25) is 0 Å². The fourth-order valence-electron chi connectivity index (χ4n) is 2.84. The molecule has 20 heavy (non-hydrogen) atoms. The van der Waals surface area contributed by atoms with Crippen LogP contribution in [0.3, 0.4) is 0 Å². The minimum atomic E-state index is -0.577. The van der Waals surface area contributed by atoms with E-state index in [0.717, 1.165) is 24.3 Å². The van der Waals surface area contributed by atoms with E-state index in [1.54, 1.807) is 7.11 Å². The first-order valence-electron chi connectivity index (χ1n) is 6.93. The summed E-state index contributed by atoms with van der Waals surface area (Å²) in [5, 5.41) is 14.1. The van der Waals surface area contributed by atoms with Crippen LogP contribution in [0.4, 0.5) is 0 Å². The lowest BCUT2D eigenvalue weighted by atomic mass is 9.88. The number of nitrogens with one attached hydrogen (secondary N) is 1. The van der Waals surface area contributed by atoms with Crippen molar-refractivity contribution in [2.75, 3.05) is 13.7 Å². The van der Waals surface area contributed by atoms with Crippen molar-refractivity contribution in [1.29, 1.82) is 0 Å². The van der Waals surface area contributed by atoms with Crippen LogP contribution in [0.1, 0.15) is 28.8 Å². The molecule has 104 valence electrons. The van der Waals surface area contributed by atoms with Crippen LogP contribution in [0.15, 0.2) is 48.5 Å². The topological polar surface area (TPSA) is 41.5 Å². The van der Waals surface area contributed by atoms with Crippen molar-refractivity contribution in [3.63, 3.8) is 0 Å². The zero-order valence-electron chi connectivity index (χ0n) is 11.5. The van der Waals surface area contributed by atoms with E-state index in [1.807, 2.05) is 30.3 Å². The molecule has 0 saturated heterocycles. The van der Waals surface area contributed by atoms with Crippen LogP contribution < -0.4 is 10.1 Å². The summed E-state index contributed by atoms with van der Waals surface area (Å²) < 4.78 is 5.23. The van der Waals surface area contributed by atoms with Crippen LogP contribution in [0.5, 0.6) is 5.75 Å². The highest BCUT2D eigenvalue weighted by molar-refractivity contribution is 5.37. The molecule has 1 heterocycles. The summed E-state index contributed by atoms with van der Waals surface area (Å²) in [5.41, 5.74) is 3.38. The number of fused-ring (bicyclic) bond motifs is 1. The largest absolute Gasteiger partial charge is 0.497 e. The van der Waals surface area contributed by atoms with Gasteiger partial charge in [0, 0.05) is 0 Å². The first-order valence-corrected chi connectivity index (χ1v) is 6.93. The van der Waals surface area contributed by atoms with Crippen LogP contribution >= 0.6 is 0 Å². The number of rotatable bonds is 3. The van der Waals surface area contributed by atoms with E-state index in [2.05, 4.69) is 23.5 Å². The van der Waals surface area contributed by atoms with Crippen molar-refractivity contribution in [3.05, 3.63) is 65.2 Å². The maximum absolute atomic E-state index is 10.7. The van der Waals surface area contributed by atoms with Gasteiger partial charge in [-0.25, -0.2) is 0 Å². The summed E-state index contributed by atoms with van der Waals surface area (Å²) in [7, 11) is 1.64. The molecule has 0 amide bonds. The van der Waals surface area contributed by atoms with Gasteiger partial charge in [-0.15, -0.1) is 0 Å². The average molecular weight is 269 g/mol. The molecule has 2 N–H and O–H groups in total. The highest BCUT2D eigenvalue weighted by atomic mass is 16.5. The second kappa shape index (κ2) is 5.65. The third-order valence-corrected chi connectivity index (χ3v) is 3.90. The van der Waals surface area contributed by atoms with E-state index in [9.17, 15) is 5.11 Å². The van der Waals surface area contributed by atoms with Gasteiger partial charge in [-0.1, -0.05) is 36.4 Å². The summed E-state index contributed by atoms with van der Waals surface area (Å²) >= 11 is 0. The number of ether oxygens (including phenoxy) is 1. The first kappa shape index (κ1) is 13.2. The quantitative estimate of drug-likeness (QED) is 0.900. The first-order chi connectivity index (χ1) is 9.79. The Morgan fingerprint density at radius 1 is 1.20 bits per heavy atom. The highest BCUT2D eigenvalue weighted by Crippen LogP contribution is 2.34. The van der Waals surface area contributed by atoms with Gasteiger partial charge in [-0.3, -0.25) is 0 Å². The van der Waals surface area contributed by atoms with E-state index in [0.29, 0.717) is 0 Å². The smallest absolute Gasteiger partial charge is 0.119 e. The van der Waals surface area contributed by atoms with Crippen molar-refractivity contribution in [1.82, 2.24) is 5.32 Å². The Hall–Kier alpha value is -1.84. The van der Waals surface area contributed by atoms with Gasteiger partial charge in [0.25, 0.3) is 0 Å². The predicted molar refractivity (Wildman–Crippen MR) is 78.8 cm³/mol. The van der Waals surface area contributed by atoms with Gasteiger partial charge in [0.15, 0.2) is 0 Å². The summed E-state index contributed by atoms with van der Waals surface area (Å²) in [4.78, 5) is 0. The van der Waals surface area contributed by atoms with E-state index >= 15 is 0 Å². The molecule has 2 atom stereocenters. The molecular weight excluding hydrogens is 250 g/mol. The summed E-state index contributed by atoms with van der Waals surface area (Å²) in [6, 6.07) is 15.9. The van der Waals surface area contributed by atoms with Crippen molar-refractivity contribution < 1.29 is 9.84 Å². The molecule has 2 aromatic rings. The lowest BCUT2D eigenvalue weighted by molar-refractivity contribution is 0.125. The number of benzene rings is 2. The van der Waals surface area contributed by atoms with Crippen molar-refractivity contribution in [2.24, 2.45) is 0 Å². The molecule has 2 unspecified atom stereocenters. The summed E-state index contributed by atoms with van der Waals surface area (Å²) in [6.45, 7) is 0.892. The molecular formula is C17H19NO2. The Morgan fingerprint density at radius 2 is 2.05 bits per heavy atom. The van der Waals surface area contributed by atoms with Gasteiger partial charge in [0.1, 0.15) is 5.75 Å². The number of hydrogen-bond acceptors (Lipinski definition) is 3. The number of methoxy groups -OCH3 is 1. The molecule has 1 aliphatic heterocycles. The minimum Gasteiger partial charge on any atom is -0.497 e. The van der Waals surface area contributed by atoms with E-state index in [-0.39, 0.29) is 6.04 Å². The van der Waals surface area contributed by atoms with E-state index in [4.69, 9.17) is 4.74 Å². The second-order valence-electron chi connectivity index (χ2n) is 5.10. The third kappa shape index (κ3) is 2.42. The third-order valence-electron chi connectivity index (χ3n) is 3.90. The number of hydrogen-bond donors (Lipinski definition) is 2. The number of aliphatic hydroxyl groups is 1. The molecule has 0 aliphatic carbocycles. The van der Waals surface area contributed by atoms with Crippen LogP contribution in [0.2, 0.25) is 0 Å². The maximum atomic E-state index is 10.7. The van der Waals surface area contributed by atoms with Gasteiger partial charge in [-0.05, 0) is 41.8 Å². The van der Waals surface area contributed by atoms with Gasteiger partial charge < -0.3 is 15.2 Å². The molecule has 0 radical (unpaired) electrons. The van der Waals surface area contributed by atoms with Crippen LogP contribution in [0, 0.1) is 0 Å². The molecule has 0 spiro atoms. The monoisotopic (exact) mass is 269 g/mol. The predicted octanol–water partition coefficient (Wildman–Crippen LogP) is 2.62. The normalized spacial score (nSPS) is 19.2. The molecule has 1 aliphatic rings. The molecule has 0 fully saturated rings. The van der Waals surface area contributed by atoms with E-state index < -0.39 is 6.10 Å². The Labute approximate surface area is 119 Å². The Kier molecular flexibility index (Phi) is 3.72. The SMILES string of the molecule is COc1cccc(C(O)C2NCCc3ccccc32)c1. The summed E-state index contributed by atoms with van der Waals surface area (Å²) in [6.07, 6.45) is 0.434. The van der Waals surface area contributed by atoms with Crippen LogP contribution in [-0.2, 0) is 6.42 Å². The molecule has 2 aromatic carbocycles. The molecule has 0 saturated carbocycles. The van der Waals surface area contributed by atoms with E-state index in [1.165, 1.54) is 11.1 Å². The second-order valence-corrected chi connectivity index (χ2v) is 5.10. The van der Waals surface area contributed by atoms with Gasteiger partial charge in [-0.2, -0.15) is 0 Å². The zero-order valence-corrected chi connectivity index (χ0v) is 11.5. The van der Waals surface area contributed by atoms with Crippen molar-refractivity contribution in [3.8, 4) is 5.75 Å². The molecule has 3 nitrogen and oxygen atoms in total. The molecule has 0 aromatic heterocycles. The van der Waals surface area contributed by atoms with Crippen molar-refractivity contribution in [2.45, 2.75) is 18.6 Å². The fourth-order valence-corrected chi connectivity index (χ4v) is 2.84. The number of aliphatic hydroxyl groups excluding tert-OH is 1. The maximum Gasteiger partial charge on any atom is 0.119 e. The van der Waals surface area contributed by atoms with Crippen LogP contribution in [0.25, 0.3) is 0 Å². The van der Waals surface area contributed by atoms with Crippen molar-refractivity contribution >= 4 is 0 Å². The Balaban J connectivity index is 1.93. The van der Waals surface area contributed by atoms with Crippen LogP contribution in [-0.4, -0.2) is 18.8 Å². The standard InChI is InChI=1S/C17H19NO2/c1-20-14-7-4-6-13(11-14)17(19)16-15-8-3-2-5-12(15)9-10-18-16/h2-8,11,16-19H,9-10H2,1H3.